The molecule has 0 rings (SSSR count). The Morgan fingerprint density at radius 1 is 0.704 bits per heavy atom. The van der Waals surface area contributed by atoms with E-state index in [1.807, 2.05) is 0 Å². The van der Waals surface area contributed by atoms with Crippen LogP contribution >= 0.6 is 0 Å². The van der Waals surface area contributed by atoms with Crippen LogP contribution in [-0.2, 0) is 14.3 Å². The molecule has 5 heteroatoms. The van der Waals surface area contributed by atoms with Crippen molar-refractivity contribution in [3.63, 3.8) is 0 Å². The highest BCUT2D eigenvalue weighted by Gasteiger charge is 2.24. The quantitative estimate of drug-likeness (QED) is 0.224. The second kappa shape index (κ2) is 18.1. The van der Waals surface area contributed by atoms with Crippen LogP contribution in [0.5, 0.6) is 0 Å². The summed E-state index contributed by atoms with van der Waals surface area (Å²) in [5, 5.41) is 0. The van der Waals surface area contributed by atoms with Gasteiger partial charge in [-0.25, -0.2) is 9.59 Å². The van der Waals surface area contributed by atoms with Crippen LogP contribution in [0.3, 0.4) is 0 Å². The molecule has 0 aromatic carbocycles. The topological polar surface area (TPSA) is 55.8 Å². The van der Waals surface area contributed by atoms with E-state index in [0.29, 0.717) is 13.2 Å². The Bertz CT molecular complexity index is 373. The number of hydrogen-bond acceptors (Lipinski definition) is 4. The summed E-state index contributed by atoms with van der Waals surface area (Å²) in [6.45, 7) is 6.89. The highest BCUT2D eigenvalue weighted by Crippen LogP contribution is 2.10. The first-order valence-corrected chi connectivity index (χ1v) is 11.1. The lowest BCUT2D eigenvalue weighted by Crippen LogP contribution is -2.41. The highest BCUT2D eigenvalue weighted by molar-refractivity contribution is 5.80. The number of carbonyl (C=O) groups excluding carboxylic acids is 2. The fourth-order valence-corrected chi connectivity index (χ4v) is 2.81. The minimum Gasteiger partial charge on any atom is -0.464 e. The minimum atomic E-state index is -0.619. The Kier molecular flexibility index (Phi) is 17.3. The van der Waals surface area contributed by atoms with Gasteiger partial charge in [-0.05, 0) is 19.8 Å². The van der Waals surface area contributed by atoms with Crippen LogP contribution in [0.2, 0.25) is 0 Å². The first kappa shape index (κ1) is 25.7. The zero-order valence-electron chi connectivity index (χ0n) is 18.3. The van der Waals surface area contributed by atoms with Gasteiger partial charge in [0, 0.05) is 7.05 Å². The van der Waals surface area contributed by atoms with Crippen LogP contribution in [0.4, 0.5) is 4.79 Å². The van der Waals surface area contributed by atoms with Gasteiger partial charge in [0.15, 0.2) is 0 Å². The van der Waals surface area contributed by atoms with Crippen molar-refractivity contribution < 1.29 is 19.1 Å². The molecular formula is C22H43NO4. The number of nitrogens with zero attached hydrogens (tertiary/aromatic N) is 1. The predicted molar refractivity (Wildman–Crippen MR) is 111 cm³/mol. The molecule has 0 saturated heterocycles. The average Bonchev–Trinajstić information content (AvgIpc) is 2.67. The molecule has 0 radical (unpaired) electrons. The standard InChI is InChI=1S/C22H43NO4/c1-5-7-9-11-12-13-14-15-17-18-26-21(24)20(3)23(4)22(25)27-19-16-10-8-6-2/h20H,5-19H2,1-4H3. The van der Waals surface area contributed by atoms with Gasteiger partial charge in [-0.2, -0.15) is 0 Å². The van der Waals surface area contributed by atoms with E-state index >= 15 is 0 Å². The van der Waals surface area contributed by atoms with Crippen LogP contribution in [0.1, 0.15) is 104 Å². The fraction of sp³-hybridized carbons (Fsp3) is 0.909. The SMILES string of the molecule is CCCCCCCCCCCOC(=O)C(C)N(C)C(=O)OCCCCCC. The van der Waals surface area contributed by atoms with Crippen molar-refractivity contribution in [3.8, 4) is 0 Å². The number of ether oxygens (including phenoxy) is 2. The summed E-state index contributed by atoms with van der Waals surface area (Å²) in [5.74, 6) is -0.361. The molecule has 0 aromatic rings. The maximum absolute atomic E-state index is 12.1. The molecule has 1 unspecified atom stereocenters. The van der Waals surface area contributed by atoms with Gasteiger partial charge in [-0.3, -0.25) is 4.90 Å². The van der Waals surface area contributed by atoms with Crippen molar-refractivity contribution in [1.82, 2.24) is 4.90 Å². The minimum absolute atomic E-state index is 0.361. The van der Waals surface area contributed by atoms with Gasteiger partial charge in [-0.15, -0.1) is 0 Å². The molecule has 0 heterocycles. The number of likely N-dealkylation sites (N-methyl/N-ethyl adjacent to an activating group) is 1. The number of carbonyl (C=O) groups is 2. The van der Waals surface area contributed by atoms with E-state index in [4.69, 9.17) is 9.47 Å². The highest BCUT2D eigenvalue weighted by atomic mass is 16.6. The average molecular weight is 386 g/mol. The van der Waals surface area contributed by atoms with Crippen molar-refractivity contribution >= 4 is 12.1 Å². The first-order valence-electron chi connectivity index (χ1n) is 11.1. The van der Waals surface area contributed by atoms with Gasteiger partial charge < -0.3 is 9.47 Å². The molecule has 27 heavy (non-hydrogen) atoms. The van der Waals surface area contributed by atoms with E-state index in [1.165, 1.54) is 49.8 Å². The molecule has 0 saturated carbocycles. The number of unbranched alkanes of at least 4 members (excludes halogenated alkanes) is 11. The van der Waals surface area contributed by atoms with E-state index in [0.717, 1.165) is 38.5 Å². The van der Waals surface area contributed by atoms with Crippen LogP contribution in [0.25, 0.3) is 0 Å². The summed E-state index contributed by atoms with van der Waals surface area (Å²) in [6, 6.07) is -0.619. The molecule has 1 atom stereocenters. The Labute approximate surface area is 167 Å². The second-order valence-electron chi connectivity index (χ2n) is 7.46. The van der Waals surface area contributed by atoms with E-state index in [2.05, 4.69) is 13.8 Å². The van der Waals surface area contributed by atoms with Crippen LogP contribution < -0.4 is 0 Å². The molecule has 0 N–H and O–H groups in total. The molecule has 0 fully saturated rings. The predicted octanol–water partition coefficient (Wildman–Crippen LogP) is 6.10. The van der Waals surface area contributed by atoms with Gasteiger partial charge >= 0.3 is 12.1 Å². The van der Waals surface area contributed by atoms with E-state index in [-0.39, 0.29) is 5.97 Å². The first-order chi connectivity index (χ1) is 13.0. The zero-order valence-corrected chi connectivity index (χ0v) is 18.3. The number of esters is 1. The number of hydrogen-bond donors (Lipinski definition) is 0. The third-order valence-electron chi connectivity index (χ3n) is 4.93. The molecule has 5 nitrogen and oxygen atoms in total. The van der Waals surface area contributed by atoms with Crippen molar-refractivity contribution in [3.05, 3.63) is 0 Å². The lowest BCUT2D eigenvalue weighted by Gasteiger charge is -2.22. The van der Waals surface area contributed by atoms with E-state index in [9.17, 15) is 9.59 Å². The number of rotatable bonds is 17. The molecule has 0 aliphatic heterocycles. The zero-order chi connectivity index (χ0) is 20.3. The van der Waals surface area contributed by atoms with Gasteiger partial charge in [0.2, 0.25) is 0 Å². The fourth-order valence-electron chi connectivity index (χ4n) is 2.81. The van der Waals surface area contributed by atoms with Crippen molar-refractivity contribution in [2.75, 3.05) is 20.3 Å². The normalized spacial score (nSPS) is 11.9. The molecule has 0 bridgehead atoms. The summed E-state index contributed by atoms with van der Waals surface area (Å²) in [5.41, 5.74) is 0. The third kappa shape index (κ3) is 14.5. The smallest absolute Gasteiger partial charge is 0.410 e. The van der Waals surface area contributed by atoms with Crippen molar-refractivity contribution in [1.29, 1.82) is 0 Å². The largest absolute Gasteiger partial charge is 0.464 e. The molecular weight excluding hydrogens is 342 g/mol. The monoisotopic (exact) mass is 385 g/mol. The Balaban J connectivity index is 3.70. The molecule has 160 valence electrons. The van der Waals surface area contributed by atoms with Crippen LogP contribution in [-0.4, -0.2) is 43.3 Å². The maximum Gasteiger partial charge on any atom is 0.410 e. The van der Waals surface area contributed by atoms with E-state index in [1.54, 1.807) is 14.0 Å². The summed E-state index contributed by atoms with van der Waals surface area (Å²) in [6.07, 6.45) is 14.8. The maximum atomic E-state index is 12.1. The summed E-state index contributed by atoms with van der Waals surface area (Å²) in [7, 11) is 1.58. The van der Waals surface area contributed by atoms with Crippen LogP contribution in [0, 0.1) is 0 Å². The molecule has 0 aliphatic rings. The van der Waals surface area contributed by atoms with Gasteiger partial charge in [0.25, 0.3) is 0 Å². The second-order valence-corrected chi connectivity index (χ2v) is 7.46. The molecule has 0 aliphatic carbocycles. The lowest BCUT2D eigenvalue weighted by molar-refractivity contribution is -0.148. The van der Waals surface area contributed by atoms with Gasteiger partial charge in [0.1, 0.15) is 6.04 Å². The van der Waals surface area contributed by atoms with Crippen LogP contribution in [0.15, 0.2) is 0 Å². The molecule has 0 aromatic heterocycles. The third-order valence-corrected chi connectivity index (χ3v) is 4.93. The summed E-state index contributed by atoms with van der Waals surface area (Å²) < 4.78 is 10.5. The Morgan fingerprint density at radius 3 is 1.63 bits per heavy atom. The summed E-state index contributed by atoms with van der Waals surface area (Å²) >= 11 is 0. The number of amides is 1. The Hall–Kier alpha value is -1.26. The molecule has 1 amide bonds. The van der Waals surface area contributed by atoms with Crippen molar-refractivity contribution in [2.24, 2.45) is 0 Å². The molecule has 0 spiro atoms. The lowest BCUT2D eigenvalue weighted by atomic mass is 10.1. The van der Waals surface area contributed by atoms with Gasteiger partial charge in [0.05, 0.1) is 13.2 Å². The Morgan fingerprint density at radius 2 is 1.11 bits per heavy atom. The van der Waals surface area contributed by atoms with Gasteiger partial charge in [-0.1, -0.05) is 84.5 Å². The summed E-state index contributed by atoms with van der Waals surface area (Å²) in [4.78, 5) is 25.3. The van der Waals surface area contributed by atoms with E-state index < -0.39 is 12.1 Å². The van der Waals surface area contributed by atoms with Crippen molar-refractivity contribution in [2.45, 2.75) is 110 Å².